The van der Waals surface area contributed by atoms with Crippen LogP contribution in [0.1, 0.15) is 38.5 Å². The van der Waals surface area contributed by atoms with Crippen molar-refractivity contribution < 1.29 is 31.4 Å². The van der Waals surface area contributed by atoms with E-state index in [0.29, 0.717) is 19.3 Å². The summed E-state index contributed by atoms with van der Waals surface area (Å²) in [4.78, 5) is 0. The maximum atomic E-state index is 13.1. The second-order valence-electron chi connectivity index (χ2n) is 6.90. The summed E-state index contributed by atoms with van der Waals surface area (Å²) in [6.07, 6.45) is -9.70. The number of rotatable bonds is 1. The highest BCUT2D eigenvalue weighted by molar-refractivity contribution is 5.15. The van der Waals surface area contributed by atoms with Gasteiger partial charge in [0.05, 0.1) is 0 Å². The lowest BCUT2D eigenvalue weighted by atomic mass is 9.45. The van der Waals surface area contributed by atoms with Crippen LogP contribution in [0.15, 0.2) is 0 Å². The molecule has 0 unspecified atom stereocenters. The van der Waals surface area contributed by atoms with Crippen molar-refractivity contribution in [3.05, 3.63) is 0 Å². The molecule has 0 saturated heterocycles. The largest absolute Gasteiger partial charge is 0.426 e. The highest BCUT2D eigenvalue weighted by Crippen LogP contribution is 2.68. The monoisotopic (exact) mass is 302 g/mol. The van der Waals surface area contributed by atoms with Crippen molar-refractivity contribution in [2.45, 2.75) is 56.5 Å². The molecule has 0 amide bonds. The van der Waals surface area contributed by atoms with Gasteiger partial charge < -0.3 is 5.11 Å². The maximum absolute atomic E-state index is 13.1. The molecule has 4 fully saturated rings. The van der Waals surface area contributed by atoms with E-state index < -0.39 is 23.4 Å². The molecule has 4 aliphatic carbocycles. The summed E-state index contributed by atoms with van der Waals surface area (Å²) in [5.74, 6) is -0.299. The number of halogens is 6. The summed E-state index contributed by atoms with van der Waals surface area (Å²) < 4.78 is 78.8. The molecule has 0 aromatic heterocycles. The molecule has 0 aromatic rings. The topological polar surface area (TPSA) is 20.2 Å². The van der Waals surface area contributed by atoms with Crippen LogP contribution in [0.4, 0.5) is 26.3 Å². The molecule has 4 rings (SSSR count). The molecule has 0 aliphatic heterocycles. The molecule has 0 radical (unpaired) electrons. The molecule has 4 bridgehead atoms. The smallest absolute Gasteiger partial charge is 0.373 e. The first kappa shape index (κ1) is 14.5. The molecular weight excluding hydrogens is 286 g/mol. The predicted octanol–water partition coefficient (Wildman–Crippen LogP) is 4.06. The van der Waals surface area contributed by atoms with Crippen molar-refractivity contribution in [1.82, 2.24) is 0 Å². The van der Waals surface area contributed by atoms with E-state index in [1.807, 2.05) is 0 Å². The standard InChI is InChI=1S/C13H16F6O/c14-12(15,16)11(20,13(17,18)19)10-4-7-1-8(5-10)3-9(2-7)6-10/h7-9,20H,1-6H2. The van der Waals surface area contributed by atoms with Crippen LogP contribution >= 0.6 is 0 Å². The fourth-order valence-corrected chi connectivity index (χ4v) is 5.32. The molecule has 4 saturated carbocycles. The summed E-state index contributed by atoms with van der Waals surface area (Å²) in [6.45, 7) is 0. The van der Waals surface area contributed by atoms with E-state index in [1.54, 1.807) is 0 Å². The van der Waals surface area contributed by atoms with Gasteiger partial charge in [-0.25, -0.2) is 0 Å². The average molecular weight is 302 g/mol. The average Bonchev–Trinajstić information content (AvgIpc) is 2.22. The Morgan fingerprint density at radius 3 is 1.25 bits per heavy atom. The number of alkyl halides is 6. The molecular formula is C13H16F6O. The number of hydrogen-bond acceptors (Lipinski definition) is 1. The summed E-state index contributed by atoms with van der Waals surface area (Å²) in [7, 11) is 0. The van der Waals surface area contributed by atoms with Gasteiger partial charge in [0.15, 0.2) is 0 Å². The molecule has 0 aromatic carbocycles. The molecule has 7 heteroatoms. The molecule has 1 N–H and O–H groups in total. The molecule has 4 aliphatic rings. The van der Waals surface area contributed by atoms with Gasteiger partial charge in [-0.05, 0) is 56.3 Å². The highest BCUT2D eigenvalue weighted by Gasteiger charge is 2.80. The van der Waals surface area contributed by atoms with Crippen LogP contribution in [-0.4, -0.2) is 23.1 Å². The molecule has 116 valence electrons. The van der Waals surface area contributed by atoms with Crippen LogP contribution in [-0.2, 0) is 0 Å². The van der Waals surface area contributed by atoms with E-state index in [0.717, 1.165) is 0 Å². The lowest BCUT2D eigenvalue weighted by molar-refractivity contribution is -0.417. The van der Waals surface area contributed by atoms with Gasteiger partial charge in [0.1, 0.15) is 0 Å². The lowest BCUT2D eigenvalue weighted by Crippen LogP contribution is -2.70. The van der Waals surface area contributed by atoms with Crippen LogP contribution in [0.25, 0.3) is 0 Å². The molecule has 20 heavy (non-hydrogen) atoms. The van der Waals surface area contributed by atoms with Crippen molar-refractivity contribution in [3.63, 3.8) is 0 Å². The van der Waals surface area contributed by atoms with E-state index >= 15 is 0 Å². The second kappa shape index (κ2) is 3.84. The van der Waals surface area contributed by atoms with Crippen LogP contribution in [0.2, 0.25) is 0 Å². The Labute approximate surface area is 112 Å². The first-order valence-corrected chi connectivity index (χ1v) is 6.84. The first-order chi connectivity index (χ1) is 8.98. The van der Waals surface area contributed by atoms with Gasteiger partial charge in [-0.1, -0.05) is 0 Å². The van der Waals surface area contributed by atoms with E-state index in [9.17, 15) is 31.4 Å². The quantitative estimate of drug-likeness (QED) is 0.724. The molecule has 1 nitrogen and oxygen atoms in total. The van der Waals surface area contributed by atoms with E-state index in [4.69, 9.17) is 0 Å². The zero-order valence-electron chi connectivity index (χ0n) is 10.7. The third kappa shape index (κ3) is 1.67. The number of aliphatic hydroxyl groups is 1. The van der Waals surface area contributed by atoms with Gasteiger partial charge in [-0.2, -0.15) is 26.3 Å². The third-order valence-electron chi connectivity index (χ3n) is 5.63. The third-order valence-corrected chi connectivity index (χ3v) is 5.63. The Balaban J connectivity index is 2.08. The van der Waals surface area contributed by atoms with Crippen molar-refractivity contribution in [1.29, 1.82) is 0 Å². The zero-order valence-corrected chi connectivity index (χ0v) is 10.7. The maximum Gasteiger partial charge on any atom is 0.426 e. The Bertz CT molecular complexity index is 361. The minimum atomic E-state index is -5.68. The van der Waals surface area contributed by atoms with Crippen molar-refractivity contribution in [2.75, 3.05) is 0 Å². The van der Waals surface area contributed by atoms with Crippen LogP contribution < -0.4 is 0 Å². The van der Waals surface area contributed by atoms with E-state index in [2.05, 4.69) is 0 Å². The van der Waals surface area contributed by atoms with Crippen molar-refractivity contribution in [2.24, 2.45) is 23.2 Å². The highest BCUT2D eigenvalue weighted by atomic mass is 19.4. The Kier molecular flexibility index (Phi) is 2.78. The van der Waals surface area contributed by atoms with Crippen molar-refractivity contribution in [3.8, 4) is 0 Å². The zero-order chi connectivity index (χ0) is 15.0. The van der Waals surface area contributed by atoms with Gasteiger partial charge in [0.2, 0.25) is 0 Å². The lowest BCUT2D eigenvalue weighted by Gasteiger charge is -2.61. The minimum absolute atomic E-state index is 0.0996. The van der Waals surface area contributed by atoms with Gasteiger partial charge in [-0.3, -0.25) is 0 Å². The van der Waals surface area contributed by atoms with E-state index in [-0.39, 0.29) is 37.0 Å². The van der Waals surface area contributed by atoms with Gasteiger partial charge in [0.25, 0.3) is 5.60 Å². The van der Waals surface area contributed by atoms with Crippen LogP contribution in [0.5, 0.6) is 0 Å². The van der Waals surface area contributed by atoms with Crippen molar-refractivity contribution >= 4 is 0 Å². The summed E-state index contributed by atoms with van der Waals surface area (Å²) >= 11 is 0. The normalized spacial score (nSPS) is 41.2. The summed E-state index contributed by atoms with van der Waals surface area (Å²) in [6, 6.07) is 0. The van der Waals surface area contributed by atoms with Crippen LogP contribution in [0, 0.1) is 23.2 Å². The fourth-order valence-electron chi connectivity index (χ4n) is 5.32. The summed E-state index contributed by atoms with van der Waals surface area (Å²) in [5.41, 5.74) is -6.64. The Morgan fingerprint density at radius 2 is 1.00 bits per heavy atom. The Morgan fingerprint density at radius 1 is 0.700 bits per heavy atom. The minimum Gasteiger partial charge on any atom is -0.373 e. The SMILES string of the molecule is OC(C(F)(F)F)(C(F)(F)F)C12CC3CC(CC(C3)C1)C2. The Hall–Kier alpha value is -0.460. The van der Waals surface area contributed by atoms with E-state index in [1.165, 1.54) is 0 Å². The number of hydrogen-bond donors (Lipinski definition) is 1. The molecule has 0 heterocycles. The fraction of sp³-hybridized carbons (Fsp3) is 1.00. The molecule has 0 spiro atoms. The second-order valence-corrected chi connectivity index (χ2v) is 6.90. The first-order valence-electron chi connectivity index (χ1n) is 6.84. The van der Waals surface area contributed by atoms with Crippen LogP contribution in [0.3, 0.4) is 0 Å². The van der Waals surface area contributed by atoms with Gasteiger partial charge in [0, 0.05) is 5.41 Å². The van der Waals surface area contributed by atoms with Gasteiger partial charge in [-0.15, -0.1) is 0 Å². The van der Waals surface area contributed by atoms with Gasteiger partial charge >= 0.3 is 12.4 Å². The predicted molar refractivity (Wildman–Crippen MR) is 57.7 cm³/mol. The molecule has 0 atom stereocenters. The summed E-state index contributed by atoms with van der Waals surface area (Å²) in [5, 5.41) is 9.80.